The molecule has 0 spiro atoms. The molecule has 1 aliphatic rings. The summed E-state index contributed by atoms with van der Waals surface area (Å²) < 4.78 is 51.8. The predicted molar refractivity (Wildman–Crippen MR) is 97.3 cm³/mol. The number of methoxy groups -OCH3 is 1. The van der Waals surface area contributed by atoms with E-state index in [4.69, 9.17) is 9.47 Å². The average molecular weight is 415 g/mol. The fourth-order valence-corrected chi connectivity index (χ4v) is 3.15. The lowest BCUT2D eigenvalue weighted by Gasteiger charge is -2.22. The van der Waals surface area contributed by atoms with E-state index >= 15 is 0 Å². The zero-order valence-electron chi connectivity index (χ0n) is 16.7. The molecule has 0 unspecified atom stereocenters. The molecular formula is C18H24F3N5O3. The molecule has 29 heavy (non-hydrogen) atoms. The van der Waals surface area contributed by atoms with Crippen LogP contribution in [-0.4, -0.2) is 39.2 Å². The molecule has 2 aromatic heterocycles. The summed E-state index contributed by atoms with van der Waals surface area (Å²) in [5.41, 5.74) is -0.508. The van der Waals surface area contributed by atoms with Crippen molar-refractivity contribution in [2.75, 3.05) is 19.0 Å². The molecule has 0 aromatic carbocycles. The fraction of sp³-hybridized carbons (Fsp3) is 0.611. The molecule has 0 aliphatic carbocycles. The van der Waals surface area contributed by atoms with E-state index in [-0.39, 0.29) is 28.9 Å². The number of alkyl halides is 3. The second-order valence-corrected chi connectivity index (χ2v) is 7.83. The number of nitrogens with zero attached hydrogens (tertiary/aromatic N) is 4. The van der Waals surface area contributed by atoms with Gasteiger partial charge in [0.25, 0.3) is 5.91 Å². The Labute approximate surface area is 166 Å². The van der Waals surface area contributed by atoms with Crippen LogP contribution in [0.4, 0.5) is 19.0 Å². The number of rotatable bonds is 5. The van der Waals surface area contributed by atoms with Gasteiger partial charge in [-0.15, -0.1) is 13.2 Å². The number of aromatic nitrogens is 4. The molecule has 1 fully saturated rings. The zero-order valence-corrected chi connectivity index (χ0v) is 16.7. The van der Waals surface area contributed by atoms with Crippen LogP contribution in [0, 0.1) is 0 Å². The average Bonchev–Trinajstić information content (AvgIpc) is 3.32. The van der Waals surface area contributed by atoms with Crippen molar-refractivity contribution in [3.8, 4) is 0 Å². The molecule has 160 valence electrons. The van der Waals surface area contributed by atoms with E-state index in [1.54, 1.807) is 10.7 Å². The fourth-order valence-electron chi connectivity index (χ4n) is 3.15. The number of hydrogen-bond acceptors (Lipinski definition) is 5. The second kappa shape index (κ2) is 7.79. The third kappa shape index (κ3) is 4.61. The second-order valence-electron chi connectivity index (χ2n) is 7.83. The van der Waals surface area contributed by atoms with Gasteiger partial charge in [0.05, 0.1) is 23.5 Å². The third-order valence-electron chi connectivity index (χ3n) is 4.39. The van der Waals surface area contributed by atoms with Crippen LogP contribution >= 0.6 is 0 Å². The quantitative estimate of drug-likeness (QED) is 0.807. The lowest BCUT2D eigenvalue weighted by atomic mass is 10.1. The van der Waals surface area contributed by atoms with Crippen LogP contribution in [0.3, 0.4) is 0 Å². The molecule has 8 nitrogen and oxygen atoms in total. The molecule has 2 aromatic rings. The van der Waals surface area contributed by atoms with Crippen LogP contribution in [0.25, 0.3) is 0 Å². The molecule has 3 rings (SSSR count). The van der Waals surface area contributed by atoms with E-state index in [9.17, 15) is 18.0 Å². The van der Waals surface area contributed by atoms with E-state index in [0.717, 1.165) is 18.9 Å². The number of carbonyl (C=O) groups excluding carboxylic acids is 1. The summed E-state index contributed by atoms with van der Waals surface area (Å²) in [4.78, 5) is 12.7. The first-order valence-electron chi connectivity index (χ1n) is 9.19. The van der Waals surface area contributed by atoms with E-state index in [1.807, 2.05) is 20.8 Å². The Morgan fingerprint density at radius 2 is 2.00 bits per heavy atom. The molecular weight excluding hydrogens is 391 g/mol. The first-order chi connectivity index (χ1) is 13.5. The minimum Gasteiger partial charge on any atom is -0.378 e. The van der Waals surface area contributed by atoms with Crippen molar-refractivity contribution in [2.24, 2.45) is 0 Å². The van der Waals surface area contributed by atoms with Crippen molar-refractivity contribution in [1.29, 1.82) is 0 Å². The number of anilines is 1. The topological polar surface area (TPSA) is 83.2 Å². The SMILES string of the molecule is COCc1cc(C(=O)Nc2cc([C@H]3CCCO3)nn2C(C)(C)C)n(C(F)(F)F)n1. The minimum absolute atomic E-state index is 0.000603. The maximum absolute atomic E-state index is 13.3. The molecule has 1 amide bonds. The Bertz CT molecular complexity index is 876. The van der Waals surface area contributed by atoms with Crippen LogP contribution in [0.15, 0.2) is 12.1 Å². The van der Waals surface area contributed by atoms with Gasteiger partial charge in [0.2, 0.25) is 0 Å². The molecule has 0 saturated carbocycles. The highest BCUT2D eigenvalue weighted by Gasteiger charge is 2.37. The van der Waals surface area contributed by atoms with E-state index in [0.29, 0.717) is 12.3 Å². The molecule has 1 saturated heterocycles. The van der Waals surface area contributed by atoms with Crippen molar-refractivity contribution in [3.05, 3.63) is 29.2 Å². The summed E-state index contributed by atoms with van der Waals surface area (Å²) in [6, 6.07) is 2.70. The van der Waals surface area contributed by atoms with Gasteiger partial charge in [0.1, 0.15) is 17.6 Å². The Kier molecular flexibility index (Phi) is 5.72. The molecule has 1 atom stereocenters. The normalized spacial score (nSPS) is 17.7. The highest BCUT2D eigenvalue weighted by molar-refractivity contribution is 6.02. The van der Waals surface area contributed by atoms with Crippen LogP contribution in [-0.2, 0) is 27.9 Å². The van der Waals surface area contributed by atoms with Crippen molar-refractivity contribution in [2.45, 2.75) is 58.2 Å². The van der Waals surface area contributed by atoms with Crippen molar-refractivity contribution >= 4 is 11.7 Å². The van der Waals surface area contributed by atoms with Crippen LogP contribution in [0.5, 0.6) is 0 Å². The summed E-state index contributed by atoms with van der Waals surface area (Å²) in [6.07, 6.45) is -3.33. The maximum Gasteiger partial charge on any atom is 0.505 e. The molecule has 11 heteroatoms. The number of carbonyl (C=O) groups is 1. The predicted octanol–water partition coefficient (Wildman–Crippen LogP) is 3.56. The summed E-state index contributed by atoms with van der Waals surface area (Å²) >= 11 is 0. The molecule has 3 heterocycles. The molecule has 0 radical (unpaired) electrons. The van der Waals surface area contributed by atoms with Gasteiger partial charge in [0.15, 0.2) is 0 Å². The van der Waals surface area contributed by atoms with Crippen LogP contribution in [0.1, 0.15) is 61.6 Å². The first-order valence-corrected chi connectivity index (χ1v) is 9.19. The monoisotopic (exact) mass is 415 g/mol. The number of ether oxygens (including phenoxy) is 2. The number of nitrogens with one attached hydrogen (secondary N) is 1. The number of amides is 1. The summed E-state index contributed by atoms with van der Waals surface area (Å²) in [5, 5.41) is 10.5. The van der Waals surface area contributed by atoms with Crippen LogP contribution < -0.4 is 5.32 Å². The van der Waals surface area contributed by atoms with E-state index < -0.39 is 23.4 Å². The van der Waals surface area contributed by atoms with Gasteiger partial charge in [-0.25, -0.2) is 4.68 Å². The van der Waals surface area contributed by atoms with Gasteiger partial charge in [0, 0.05) is 19.8 Å². The molecule has 1 aliphatic heterocycles. The summed E-state index contributed by atoms with van der Waals surface area (Å²) in [5.74, 6) is -0.655. The van der Waals surface area contributed by atoms with Gasteiger partial charge in [-0.3, -0.25) is 4.79 Å². The number of halogens is 3. The van der Waals surface area contributed by atoms with Gasteiger partial charge in [-0.05, 0) is 39.7 Å². The standard InChI is InChI=1S/C18H24F3N5O3/c1-17(2,3)26-15(9-12(24-26)14-6-5-7-29-14)22-16(27)13-8-11(10-28-4)23-25(13)18(19,20)21/h8-9,14H,5-7,10H2,1-4H3,(H,22,27)/t14-/m1/s1. The lowest BCUT2D eigenvalue weighted by Crippen LogP contribution is -2.29. The zero-order chi connectivity index (χ0) is 21.4. The van der Waals surface area contributed by atoms with Crippen LogP contribution in [0.2, 0.25) is 0 Å². The van der Waals surface area contributed by atoms with Gasteiger partial charge in [-0.2, -0.15) is 14.9 Å². The maximum atomic E-state index is 13.3. The van der Waals surface area contributed by atoms with Gasteiger partial charge in [-0.1, -0.05) is 0 Å². The van der Waals surface area contributed by atoms with Crippen molar-refractivity contribution in [1.82, 2.24) is 19.6 Å². The highest BCUT2D eigenvalue weighted by Crippen LogP contribution is 2.32. The summed E-state index contributed by atoms with van der Waals surface area (Å²) in [6.45, 7) is 6.12. The summed E-state index contributed by atoms with van der Waals surface area (Å²) in [7, 11) is 1.33. The molecule has 1 N–H and O–H groups in total. The highest BCUT2D eigenvalue weighted by atomic mass is 19.4. The molecule has 0 bridgehead atoms. The van der Waals surface area contributed by atoms with E-state index in [2.05, 4.69) is 15.5 Å². The Balaban J connectivity index is 1.94. The minimum atomic E-state index is -4.84. The first kappa shape index (κ1) is 21.3. The Hall–Kier alpha value is -2.40. The Morgan fingerprint density at radius 1 is 1.28 bits per heavy atom. The lowest BCUT2D eigenvalue weighted by molar-refractivity contribution is -0.213. The third-order valence-corrected chi connectivity index (χ3v) is 4.39. The largest absolute Gasteiger partial charge is 0.505 e. The smallest absolute Gasteiger partial charge is 0.378 e. The van der Waals surface area contributed by atoms with E-state index in [1.165, 1.54) is 7.11 Å². The van der Waals surface area contributed by atoms with Crippen molar-refractivity contribution in [3.63, 3.8) is 0 Å². The Morgan fingerprint density at radius 3 is 2.55 bits per heavy atom. The van der Waals surface area contributed by atoms with Gasteiger partial charge >= 0.3 is 6.30 Å². The van der Waals surface area contributed by atoms with Gasteiger partial charge < -0.3 is 14.8 Å². The van der Waals surface area contributed by atoms with Crippen molar-refractivity contribution < 1.29 is 27.4 Å². The number of hydrogen-bond donors (Lipinski definition) is 1.